The van der Waals surface area contributed by atoms with Gasteiger partial charge >= 0.3 is 6.09 Å². The van der Waals surface area contributed by atoms with Crippen LogP contribution in [0.1, 0.15) is 56.4 Å². The Morgan fingerprint density at radius 1 is 0.923 bits per heavy atom. The summed E-state index contributed by atoms with van der Waals surface area (Å²) < 4.78 is 62.5. The number of nitrogens with zero attached hydrogens (tertiary/aromatic N) is 2. The highest BCUT2D eigenvalue weighted by molar-refractivity contribution is 7.90. The molecule has 2 amide bonds. The van der Waals surface area contributed by atoms with Gasteiger partial charge < -0.3 is 23.5 Å². The zero-order chi connectivity index (χ0) is 38.7. The molecule has 1 atom stereocenters. The fourth-order valence-electron chi connectivity index (χ4n) is 3.96. The van der Waals surface area contributed by atoms with Crippen molar-refractivity contribution in [3.05, 3.63) is 70.2 Å². The van der Waals surface area contributed by atoms with E-state index in [1.807, 2.05) is 40.0 Å². The van der Waals surface area contributed by atoms with Crippen LogP contribution < -0.4 is 20.1 Å². The van der Waals surface area contributed by atoms with E-state index in [4.69, 9.17) is 23.5 Å². The topological polar surface area (TPSA) is 181 Å². The van der Waals surface area contributed by atoms with Crippen LogP contribution in [-0.2, 0) is 41.4 Å². The lowest BCUT2D eigenvalue weighted by Gasteiger charge is -2.18. The molecule has 284 valence electrons. The third-order valence-corrected chi connectivity index (χ3v) is 9.68. The number of ether oxygens (including phenoxy) is 4. The molecule has 18 heteroatoms. The van der Waals surface area contributed by atoms with Gasteiger partial charge in [-0.25, -0.2) is 23.2 Å². The number of aryl methyl sites for hydroxylation is 1. The molecule has 0 unspecified atom stereocenters. The van der Waals surface area contributed by atoms with Crippen molar-refractivity contribution in [1.29, 1.82) is 0 Å². The number of benzene rings is 2. The van der Waals surface area contributed by atoms with Gasteiger partial charge in [0.25, 0.3) is 5.91 Å². The fourth-order valence-corrected chi connectivity index (χ4v) is 6.50. The monoisotopic (exact) mass is 796 g/mol. The van der Waals surface area contributed by atoms with Crippen molar-refractivity contribution in [2.45, 2.75) is 64.2 Å². The molecule has 0 spiro atoms. The van der Waals surface area contributed by atoms with E-state index in [2.05, 4.69) is 20.6 Å². The predicted molar refractivity (Wildman–Crippen MR) is 204 cm³/mol. The average Bonchev–Trinajstić information content (AvgIpc) is 3.68. The largest absolute Gasteiger partial charge is 0.488 e. The zero-order valence-corrected chi connectivity index (χ0v) is 33.9. The molecule has 4 aromatic rings. The summed E-state index contributed by atoms with van der Waals surface area (Å²) in [5, 5.41) is 9.91. The van der Waals surface area contributed by atoms with Crippen LogP contribution >= 0.6 is 30.0 Å². The van der Waals surface area contributed by atoms with Gasteiger partial charge in [-0.1, -0.05) is 6.92 Å². The molecule has 0 aliphatic rings. The summed E-state index contributed by atoms with van der Waals surface area (Å²) in [7, 11) is -4.44. The van der Waals surface area contributed by atoms with Crippen molar-refractivity contribution in [2.75, 3.05) is 43.9 Å². The van der Waals surface area contributed by atoms with Crippen LogP contribution in [0.25, 0.3) is 0 Å². The van der Waals surface area contributed by atoms with E-state index in [1.54, 1.807) is 24.6 Å². The van der Waals surface area contributed by atoms with Crippen LogP contribution in [0, 0.1) is 0 Å². The quantitative estimate of drug-likeness (QED) is 0.117. The van der Waals surface area contributed by atoms with Crippen LogP contribution in [0.2, 0.25) is 0 Å². The molecule has 0 aliphatic carbocycles. The Kier molecular flexibility index (Phi) is 15.4. The van der Waals surface area contributed by atoms with Crippen molar-refractivity contribution in [3.63, 3.8) is 0 Å². The summed E-state index contributed by atoms with van der Waals surface area (Å²) in [6.45, 7) is 12.8. The van der Waals surface area contributed by atoms with Crippen molar-refractivity contribution in [3.8, 4) is 17.2 Å². The van der Waals surface area contributed by atoms with E-state index >= 15 is 0 Å². The molecule has 2 heterocycles. The molecule has 0 aliphatic heterocycles. The lowest BCUT2D eigenvalue weighted by atomic mass is 10.2. The zero-order valence-electron chi connectivity index (χ0n) is 30.5. The van der Waals surface area contributed by atoms with E-state index in [9.17, 15) is 22.6 Å². The van der Waals surface area contributed by atoms with Gasteiger partial charge in [0.2, 0.25) is 0 Å². The number of hydrogen-bond donors (Lipinski definition) is 2. The number of methoxy groups -OCH3 is 1. The van der Waals surface area contributed by atoms with Crippen molar-refractivity contribution >= 4 is 62.1 Å². The van der Waals surface area contributed by atoms with Crippen LogP contribution in [0.4, 0.5) is 15.1 Å². The van der Waals surface area contributed by atoms with E-state index in [-0.39, 0.29) is 23.2 Å². The molecule has 2 N–H and O–H groups in total. The normalized spacial score (nSPS) is 12.2. The van der Waals surface area contributed by atoms with Crippen molar-refractivity contribution in [1.82, 2.24) is 9.97 Å². The molecule has 52 heavy (non-hydrogen) atoms. The molecular weight excluding hydrogens is 752 g/mol. The smallest absolute Gasteiger partial charge is 0.413 e. The fraction of sp³-hybridized carbons (Fsp3) is 0.412. The maximum absolute atomic E-state index is 13.0. The predicted octanol–water partition coefficient (Wildman–Crippen LogP) is 8.11. The van der Waals surface area contributed by atoms with Crippen molar-refractivity contribution < 1.29 is 46.0 Å². The van der Waals surface area contributed by atoms with Gasteiger partial charge in [-0.3, -0.25) is 20.0 Å². The lowest BCUT2D eigenvalue weighted by molar-refractivity contribution is 0.0635. The first-order valence-corrected chi connectivity index (χ1v) is 22.1. The van der Waals surface area contributed by atoms with Crippen molar-refractivity contribution in [2.24, 2.45) is 0 Å². The van der Waals surface area contributed by atoms with Crippen LogP contribution in [-0.4, -0.2) is 75.4 Å². The maximum Gasteiger partial charge on any atom is 0.413 e. The Bertz CT molecular complexity index is 1950. The number of sulfone groups is 1. The number of aromatic nitrogens is 2. The Balaban J connectivity index is 0.000000406. The number of anilines is 2. The standard InChI is InChI=1S/C24H29N2O8PS2.C10H16N2O2S/c1-16(13-31-2)33-20-10-17(23(27)26-24-25-18(15-36-24)14-32-35(3,4)28)11-21(12-20)34-19-6-8-22(9-7-19)37(5,29)30;1-5-7-6-15-8(11-7)12-9(13)14-10(2,3)4/h6-12,15-16H,13-14H2,1-5H3,(H,25,26,27);6H,5H2,1-4H3,(H,11,12,13)/t16-;/m0./s1. The Labute approximate surface area is 312 Å². The Morgan fingerprint density at radius 3 is 2.08 bits per heavy atom. The van der Waals surface area contributed by atoms with E-state index in [0.29, 0.717) is 39.8 Å². The highest BCUT2D eigenvalue weighted by Crippen LogP contribution is 2.38. The third-order valence-electron chi connectivity index (χ3n) is 6.19. The van der Waals surface area contributed by atoms with Gasteiger partial charge in [0.15, 0.2) is 27.5 Å². The second-order valence-corrected chi connectivity index (χ2v) is 19.2. The second kappa shape index (κ2) is 18.8. The van der Waals surface area contributed by atoms with Crippen LogP contribution in [0.5, 0.6) is 17.2 Å². The highest BCUT2D eigenvalue weighted by atomic mass is 32.2. The summed E-state index contributed by atoms with van der Waals surface area (Å²) in [6.07, 6.45) is 1.24. The molecule has 4 rings (SSSR count). The minimum Gasteiger partial charge on any atom is -0.488 e. The first-order valence-electron chi connectivity index (χ1n) is 15.9. The molecular formula is C34H45N4O10PS3. The Morgan fingerprint density at radius 2 is 1.52 bits per heavy atom. The Hall–Kier alpha value is -3.86. The summed E-state index contributed by atoms with van der Waals surface area (Å²) in [4.78, 5) is 33.1. The summed E-state index contributed by atoms with van der Waals surface area (Å²) in [5.41, 5.74) is 1.31. The molecule has 0 saturated heterocycles. The van der Waals surface area contributed by atoms with Gasteiger partial charge in [0.1, 0.15) is 29.0 Å². The SMILES string of the molecule is CCc1csc(NC(=O)OC(C)(C)C)n1.COC[C@H](C)Oc1cc(Oc2ccc(S(C)(=O)=O)cc2)cc(C(=O)Nc2nc(COP(C)(C)=O)cs2)c1. The molecule has 0 radical (unpaired) electrons. The van der Waals surface area contributed by atoms with Crippen LogP contribution in [0.3, 0.4) is 0 Å². The first-order chi connectivity index (χ1) is 24.2. The second-order valence-electron chi connectivity index (χ2n) is 12.7. The first kappa shape index (κ1) is 42.6. The number of carbonyl (C=O) groups excluding carboxylic acids is 2. The number of carbonyl (C=O) groups is 2. The lowest BCUT2D eigenvalue weighted by Crippen LogP contribution is -2.27. The third kappa shape index (κ3) is 15.4. The van der Waals surface area contributed by atoms with Gasteiger partial charge in [-0.15, -0.1) is 22.7 Å². The maximum atomic E-state index is 13.0. The van der Waals surface area contributed by atoms with E-state index in [1.165, 1.54) is 66.3 Å². The van der Waals surface area contributed by atoms with Crippen LogP contribution in [0.15, 0.2) is 58.1 Å². The van der Waals surface area contributed by atoms with Gasteiger partial charge in [-0.2, -0.15) is 0 Å². The number of hydrogen-bond acceptors (Lipinski definition) is 14. The molecule has 2 aromatic carbocycles. The molecule has 0 saturated carbocycles. The van der Waals surface area contributed by atoms with Gasteiger partial charge in [0, 0.05) is 49.1 Å². The summed E-state index contributed by atoms with van der Waals surface area (Å²) in [6, 6.07) is 10.7. The van der Waals surface area contributed by atoms with Gasteiger partial charge in [-0.05, 0) is 70.5 Å². The summed E-state index contributed by atoms with van der Waals surface area (Å²) in [5.74, 6) is 0.638. The van der Waals surface area contributed by atoms with E-state index in [0.717, 1.165) is 18.4 Å². The molecule has 0 bridgehead atoms. The average molecular weight is 797 g/mol. The molecule has 14 nitrogen and oxygen atoms in total. The highest BCUT2D eigenvalue weighted by Gasteiger charge is 2.18. The number of nitrogens with one attached hydrogen (secondary N) is 2. The minimum absolute atomic E-state index is 0.0769. The molecule has 0 fully saturated rings. The van der Waals surface area contributed by atoms with Gasteiger partial charge in [0.05, 0.1) is 29.5 Å². The number of amides is 2. The summed E-state index contributed by atoms with van der Waals surface area (Å²) >= 11 is 2.62. The van der Waals surface area contributed by atoms with E-state index < -0.39 is 34.8 Å². The minimum atomic E-state index is -3.34. The number of thiazole rings is 2. The number of rotatable bonds is 14. The molecule has 2 aromatic heterocycles.